The minimum absolute atomic E-state index is 0.729. The van der Waals surface area contributed by atoms with Crippen LogP contribution in [0.1, 0.15) is 40.0 Å². The summed E-state index contributed by atoms with van der Waals surface area (Å²) in [6.07, 6.45) is 6.39. The van der Waals surface area contributed by atoms with Gasteiger partial charge in [0, 0.05) is 11.3 Å². The Bertz CT molecular complexity index is 236. The van der Waals surface area contributed by atoms with Gasteiger partial charge in [-0.05, 0) is 38.0 Å². The van der Waals surface area contributed by atoms with Crippen LogP contribution < -0.4 is 4.72 Å². The molecular formula is C12H21NS. The van der Waals surface area contributed by atoms with E-state index in [9.17, 15) is 0 Å². The van der Waals surface area contributed by atoms with E-state index in [4.69, 9.17) is 0 Å². The van der Waals surface area contributed by atoms with Crippen molar-refractivity contribution in [1.82, 2.24) is 4.72 Å². The molecule has 1 saturated heterocycles. The molecule has 1 nitrogen and oxygen atoms in total. The van der Waals surface area contributed by atoms with Crippen molar-refractivity contribution in [3.8, 4) is 0 Å². The minimum Gasteiger partial charge on any atom is -0.260 e. The Balaban J connectivity index is 2.11. The summed E-state index contributed by atoms with van der Waals surface area (Å²) >= 11 is 1.98. The van der Waals surface area contributed by atoms with E-state index in [-0.39, 0.29) is 0 Å². The number of nitrogens with one attached hydrogen (secondary N) is 1. The maximum atomic E-state index is 3.68. The van der Waals surface area contributed by atoms with Crippen molar-refractivity contribution >= 4 is 11.9 Å². The number of hydrogen-bond donors (Lipinski definition) is 1. The molecule has 1 aliphatic heterocycles. The van der Waals surface area contributed by atoms with Gasteiger partial charge in [0.05, 0.1) is 0 Å². The molecule has 80 valence electrons. The van der Waals surface area contributed by atoms with Gasteiger partial charge in [-0.1, -0.05) is 37.4 Å². The second-order valence-electron chi connectivity index (χ2n) is 4.80. The Kier molecular flexibility index (Phi) is 3.23. The smallest absolute Gasteiger partial charge is 0.0266 e. The highest BCUT2D eigenvalue weighted by molar-refractivity contribution is 7.98. The molecule has 0 amide bonds. The van der Waals surface area contributed by atoms with Gasteiger partial charge in [0.25, 0.3) is 0 Å². The van der Waals surface area contributed by atoms with Gasteiger partial charge in [0.1, 0.15) is 0 Å². The van der Waals surface area contributed by atoms with E-state index in [0.29, 0.717) is 0 Å². The first kappa shape index (κ1) is 10.6. The number of fused-ring (bicyclic) bond motifs is 1. The Morgan fingerprint density at radius 2 is 2.36 bits per heavy atom. The van der Waals surface area contributed by atoms with Gasteiger partial charge in [0.15, 0.2) is 0 Å². The molecule has 0 bridgehead atoms. The van der Waals surface area contributed by atoms with Crippen LogP contribution in [0.3, 0.4) is 0 Å². The molecule has 4 unspecified atom stereocenters. The normalized spacial score (nSPS) is 42.9. The van der Waals surface area contributed by atoms with Crippen LogP contribution in [0.25, 0.3) is 0 Å². The summed E-state index contributed by atoms with van der Waals surface area (Å²) in [6.45, 7) is 6.99. The first-order valence-electron chi connectivity index (χ1n) is 5.80. The lowest BCUT2D eigenvalue weighted by molar-refractivity contribution is 0.293. The molecule has 14 heavy (non-hydrogen) atoms. The lowest BCUT2D eigenvalue weighted by Crippen LogP contribution is -2.46. The average molecular weight is 211 g/mol. The first-order valence-corrected chi connectivity index (χ1v) is 6.68. The van der Waals surface area contributed by atoms with Crippen molar-refractivity contribution in [2.24, 2.45) is 11.8 Å². The van der Waals surface area contributed by atoms with Gasteiger partial charge in [0.2, 0.25) is 0 Å². The largest absolute Gasteiger partial charge is 0.260 e. The van der Waals surface area contributed by atoms with Crippen molar-refractivity contribution in [2.75, 3.05) is 0 Å². The Morgan fingerprint density at radius 3 is 3.07 bits per heavy atom. The van der Waals surface area contributed by atoms with E-state index >= 15 is 0 Å². The van der Waals surface area contributed by atoms with Gasteiger partial charge >= 0.3 is 0 Å². The van der Waals surface area contributed by atoms with E-state index in [2.05, 4.69) is 31.6 Å². The highest BCUT2D eigenvalue weighted by atomic mass is 32.2. The van der Waals surface area contributed by atoms with E-state index in [1.165, 1.54) is 19.3 Å². The van der Waals surface area contributed by atoms with Crippen molar-refractivity contribution in [3.63, 3.8) is 0 Å². The zero-order chi connectivity index (χ0) is 10.1. The van der Waals surface area contributed by atoms with E-state index in [1.54, 1.807) is 5.57 Å². The summed E-state index contributed by atoms with van der Waals surface area (Å²) in [5.74, 6) is 1.62. The monoisotopic (exact) mass is 211 g/mol. The lowest BCUT2D eigenvalue weighted by Gasteiger charge is -2.42. The van der Waals surface area contributed by atoms with E-state index < -0.39 is 0 Å². The molecule has 0 aromatic heterocycles. The predicted octanol–water partition coefficient (Wildman–Crippen LogP) is 3.38. The van der Waals surface area contributed by atoms with Crippen LogP contribution in [-0.2, 0) is 0 Å². The van der Waals surface area contributed by atoms with Crippen molar-refractivity contribution in [1.29, 1.82) is 0 Å². The first-order chi connectivity index (χ1) is 6.72. The third kappa shape index (κ3) is 1.87. The third-order valence-electron chi connectivity index (χ3n) is 3.79. The standard InChI is InChI=1S/C12H21NS/c1-4-10-7-11-8(2)5-6-9(3)12(11)13-14-10/h5,9-13H,4,6-7H2,1-3H3. The predicted molar refractivity (Wildman–Crippen MR) is 64.2 cm³/mol. The Labute approximate surface area is 91.9 Å². The lowest BCUT2D eigenvalue weighted by atomic mass is 9.76. The van der Waals surface area contributed by atoms with Gasteiger partial charge in [-0.2, -0.15) is 0 Å². The molecule has 0 aromatic rings. The maximum Gasteiger partial charge on any atom is 0.0266 e. The Hall–Kier alpha value is 0.0500. The molecule has 1 fully saturated rings. The SMILES string of the molecule is CCC1CC2C(C)=CCC(C)C2NS1. The molecule has 0 radical (unpaired) electrons. The summed E-state index contributed by atoms with van der Waals surface area (Å²) in [6, 6.07) is 0.729. The molecule has 2 aliphatic rings. The molecule has 1 aliphatic carbocycles. The zero-order valence-corrected chi connectivity index (χ0v) is 10.2. The van der Waals surface area contributed by atoms with Crippen LogP contribution >= 0.6 is 11.9 Å². The van der Waals surface area contributed by atoms with Crippen LogP contribution in [0.2, 0.25) is 0 Å². The van der Waals surface area contributed by atoms with Crippen molar-refractivity contribution in [2.45, 2.75) is 51.3 Å². The van der Waals surface area contributed by atoms with Crippen LogP contribution in [0, 0.1) is 11.8 Å². The van der Waals surface area contributed by atoms with Crippen LogP contribution in [0.5, 0.6) is 0 Å². The van der Waals surface area contributed by atoms with Crippen molar-refractivity contribution < 1.29 is 0 Å². The highest BCUT2D eigenvalue weighted by Gasteiger charge is 2.36. The molecule has 2 heteroatoms. The molecule has 2 rings (SSSR count). The van der Waals surface area contributed by atoms with Crippen LogP contribution in [0.4, 0.5) is 0 Å². The van der Waals surface area contributed by atoms with Crippen LogP contribution in [-0.4, -0.2) is 11.3 Å². The van der Waals surface area contributed by atoms with E-state index in [1.807, 2.05) is 11.9 Å². The quantitative estimate of drug-likeness (QED) is 0.527. The van der Waals surface area contributed by atoms with Gasteiger partial charge in [-0.15, -0.1) is 0 Å². The number of allylic oxidation sites excluding steroid dienone is 1. The van der Waals surface area contributed by atoms with Crippen LogP contribution in [0.15, 0.2) is 11.6 Å². The molecule has 1 N–H and O–H groups in total. The number of rotatable bonds is 1. The van der Waals surface area contributed by atoms with E-state index in [0.717, 1.165) is 23.1 Å². The summed E-state index contributed by atoms with van der Waals surface area (Å²) in [4.78, 5) is 0. The topological polar surface area (TPSA) is 12.0 Å². The summed E-state index contributed by atoms with van der Waals surface area (Å²) in [5, 5.41) is 0.824. The second-order valence-corrected chi connectivity index (χ2v) is 5.93. The minimum atomic E-state index is 0.729. The zero-order valence-electron chi connectivity index (χ0n) is 9.42. The maximum absolute atomic E-state index is 3.68. The fraction of sp³-hybridized carbons (Fsp3) is 0.833. The van der Waals surface area contributed by atoms with Gasteiger partial charge in [-0.3, -0.25) is 4.72 Å². The molecule has 0 aromatic carbocycles. The molecule has 4 atom stereocenters. The summed E-state index contributed by atoms with van der Waals surface area (Å²) in [7, 11) is 0. The van der Waals surface area contributed by atoms with Crippen molar-refractivity contribution in [3.05, 3.63) is 11.6 Å². The molecular weight excluding hydrogens is 190 g/mol. The molecule has 0 saturated carbocycles. The fourth-order valence-electron chi connectivity index (χ4n) is 2.64. The summed E-state index contributed by atoms with van der Waals surface area (Å²) in [5.41, 5.74) is 1.62. The second kappa shape index (κ2) is 4.28. The average Bonchev–Trinajstić information content (AvgIpc) is 2.23. The fourth-order valence-corrected chi connectivity index (χ4v) is 3.85. The number of hydrogen-bond acceptors (Lipinski definition) is 2. The highest BCUT2D eigenvalue weighted by Crippen LogP contribution is 2.39. The third-order valence-corrected chi connectivity index (χ3v) is 5.05. The molecule has 1 heterocycles. The summed E-state index contributed by atoms with van der Waals surface area (Å²) < 4.78 is 3.68. The van der Waals surface area contributed by atoms with Gasteiger partial charge in [-0.25, -0.2) is 0 Å². The van der Waals surface area contributed by atoms with Gasteiger partial charge < -0.3 is 0 Å². The molecule has 0 spiro atoms. The Morgan fingerprint density at radius 1 is 1.57 bits per heavy atom.